The Morgan fingerprint density at radius 2 is 1.67 bits per heavy atom. The molecule has 1 aliphatic rings. The van der Waals surface area contributed by atoms with Crippen LogP contribution in [-0.2, 0) is 11.2 Å². The molecule has 1 aliphatic heterocycles. The van der Waals surface area contributed by atoms with Crippen LogP contribution in [0, 0.1) is 13.8 Å². The van der Waals surface area contributed by atoms with Gasteiger partial charge in [-0.1, -0.05) is 18.2 Å². The predicted molar refractivity (Wildman–Crippen MR) is 148 cm³/mol. The molecule has 1 N–H and O–H groups in total. The number of ether oxygens (including phenoxy) is 4. The molecular weight excluding hydrogens is 498 g/mol. The maximum absolute atomic E-state index is 13.9. The third kappa shape index (κ3) is 4.60. The van der Waals surface area contributed by atoms with Crippen LogP contribution in [0.5, 0.6) is 28.9 Å². The molecule has 3 aromatic carbocycles. The van der Waals surface area contributed by atoms with Crippen molar-refractivity contribution in [1.82, 2.24) is 9.36 Å². The zero-order valence-electron chi connectivity index (χ0n) is 22.8. The van der Waals surface area contributed by atoms with Crippen LogP contribution in [0.1, 0.15) is 35.2 Å². The number of anilines is 1. The van der Waals surface area contributed by atoms with Crippen molar-refractivity contribution in [3.8, 4) is 34.6 Å². The molecule has 0 bridgehead atoms. The highest BCUT2D eigenvalue weighted by atomic mass is 16.5. The second-order valence-electron chi connectivity index (χ2n) is 9.51. The van der Waals surface area contributed by atoms with Crippen molar-refractivity contribution in [1.29, 1.82) is 0 Å². The topological polar surface area (TPSA) is 93.0 Å². The van der Waals surface area contributed by atoms with Gasteiger partial charge >= 0.3 is 0 Å². The molecule has 1 aromatic heterocycles. The first-order valence-corrected chi connectivity index (χ1v) is 12.6. The summed E-state index contributed by atoms with van der Waals surface area (Å²) >= 11 is 0. The van der Waals surface area contributed by atoms with E-state index in [2.05, 4.69) is 5.32 Å². The van der Waals surface area contributed by atoms with Crippen LogP contribution >= 0.6 is 0 Å². The van der Waals surface area contributed by atoms with E-state index < -0.39 is 6.04 Å². The fourth-order valence-electron chi connectivity index (χ4n) is 4.76. The first-order valence-electron chi connectivity index (χ1n) is 12.6. The van der Waals surface area contributed by atoms with E-state index in [0.29, 0.717) is 52.2 Å². The monoisotopic (exact) mass is 529 g/mol. The van der Waals surface area contributed by atoms with Crippen molar-refractivity contribution in [3.63, 3.8) is 0 Å². The number of nitrogens with zero attached hydrogens (tertiary/aromatic N) is 2. The highest BCUT2D eigenvalue weighted by Crippen LogP contribution is 2.43. The number of carbonyl (C=O) groups excluding carboxylic acids is 1. The Morgan fingerprint density at radius 1 is 0.949 bits per heavy atom. The van der Waals surface area contributed by atoms with Gasteiger partial charge in [-0.3, -0.25) is 9.59 Å². The van der Waals surface area contributed by atoms with Crippen LogP contribution in [0.25, 0.3) is 5.69 Å². The minimum atomic E-state index is -0.837. The number of hydrogen-bond acceptors (Lipinski definition) is 6. The van der Waals surface area contributed by atoms with Crippen molar-refractivity contribution in [3.05, 3.63) is 87.2 Å². The van der Waals surface area contributed by atoms with Crippen LogP contribution in [0.15, 0.2) is 59.4 Å². The summed E-state index contributed by atoms with van der Waals surface area (Å²) in [7, 11) is 4.65. The number of fused-ring (bicyclic) bond motifs is 2. The van der Waals surface area contributed by atoms with Crippen LogP contribution in [0.4, 0.5) is 5.69 Å². The quantitative estimate of drug-likeness (QED) is 0.312. The number of para-hydroxylation sites is 1. The Labute approximate surface area is 226 Å². The molecule has 0 fully saturated rings. The number of nitrogens with one attached hydrogen (secondary N) is 1. The Balaban J connectivity index is 1.64. The summed E-state index contributed by atoms with van der Waals surface area (Å²) in [6, 6.07) is 15.6. The first-order chi connectivity index (χ1) is 18.7. The number of aryl methyl sites for hydroxylation is 2. The third-order valence-corrected chi connectivity index (χ3v) is 7.08. The van der Waals surface area contributed by atoms with Crippen molar-refractivity contribution in [2.75, 3.05) is 26.6 Å². The van der Waals surface area contributed by atoms with E-state index >= 15 is 0 Å². The van der Waals surface area contributed by atoms with Gasteiger partial charge in [0.1, 0.15) is 17.5 Å². The molecule has 0 spiro atoms. The third-order valence-electron chi connectivity index (χ3n) is 7.08. The maximum Gasteiger partial charge on any atom is 0.278 e. The number of carbonyl (C=O) groups is 1. The molecule has 9 heteroatoms. The van der Waals surface area contributed by atoms with E-state index in [1.54, 1.807) is 57.2 Å². The molecule has 0 saturated heterocycles. The molecule has 39 heavy (non-hydrogen) atoms. The summed E-state index contributed by atoms with van der Waals surface area (Å²) in [5.41, 5.74) is 4.32. The smallest absolute Gasteiger partial charge is 0.278 e. The van der Waals surface area contributed by atoms with Gasteiger partial charge in [-0.05, 0) is 50.1 Å². The highest BCUT2D eigenvalue weighted by Gasteiger charge is 2.33. The largest absolute Gasteiger partial charge is 0.497 e. The van der Waals surface area contributed by atoms with Gasteiger partial charge in [0.15, 0.2) is 11.5 Å². The van der Waals surface area contributed by atoms with E-state index in [1.807, 2.05) is 44.2 Å². The summed E-state index contributed by atoms with van der Waals surface area (Å²) in [5, 5.41) is 2.93. The average Bonchev–Trinajstić information content (AvgIpc) is 3.23. The van der Waals surface area contributed by atoms with Gasteiger partial charge in [0.25, 0.3) is 5.56 Å². The van der Waals surface area contributed by atoms with Gasteiger partial charge in [0, 0.05) is 35.9 Å². The standard InChI is InChI=1S/C30H31N3O6/c1-17-10-11-22(12-18(17)2)33-29(35)25-13-20-8-7-9-26(38-6)27(20)39-30(25)32(33)19(3)28(34)31-21-14-23(36-4)16-24(15-21)37-5/h7-12,14-16,19H,13H2,1-6H3,(H,31,34)/t19-/m0/s1. The SMILES string of the molecule is COc1cc(NC(=O)[C@H](C)n2c3c(c(=O)n2-c2ccc(C)c(C)c2)Cc2cccc(OC)c2O3)cc(OC)c1. The number of amides is 1. The van der Waals surface area contributed by atoms with E-state index in [9.17, 15) is 9.59 Å². The molecule has 0 radical (unpaired) electrons. The summed E-state index contributed by atoms with van der Waals surface area (Å²) in [5.74, 6) is 2.11. The summed E-state index contributed by atoms with van der Waals surface area (Å²) in [6.07, 6.45) is 0.347. The minimum absolute atomic E-state index is 0.246. The minimum Gasteiger partial charge on any atom is -0.497 e. The second kappa shape index (κ2) is 10.2. The first kappa shape index (κ1) is 26.0. The van der Waals surface area contributed by atoms with E-state index in [-0.39, 0.29) is 11.5 Å². The lowest BCUT2D eigenvalue weighted by atomic mass is 10.0. The normalized spacial score (nSPS) is 12.6. The Kier molecular flexibility index (Phi) is 6.82. The van der Waals surface area contributed by atoms with Crippen molar-refractivity contribution in [2.24, 2.45) is 0 Å². The van der Waals surface area contributed by atoms with Crippen LogP contribution < -0.4 is 29.8 Å². The Bertz CT molecular complexity index is 1610. The maximum atomic E-state index is 13.9. The van der Waals surface area contributed by atoms with Gasteiger partial charge in [0.05, 0.1) is 32.6 Å². The number of hydrogen-bond donors (Lipinski definition) is 1. The number of rotatable bonds is 7. The molecule has 1 atom stereocenters. The molecule has 4 aromatic rings. The zero-order chi connectivity index (χ0) is 27.8. The lowest BCUT2D eigenvalue weighted by molar-refractivity contribution is -0.119. The van der Waals surface area contributed by atoms with Crippen molar-refractivity contribution in [2.45, 2.75) is 33.2 Å². The van der Waals surface area contributed by atoms with E-state index in [1.165, 1.54) is 4.68 Å². The predicted octanol–water partition coefficient (Wildman–Crippen LogP) is 5.18. The average molecular weight is 530 g/mol. The van der Waals surface area contributed by atoms with Gasteiger partial charge in [-0.15, -0.1) is 0 Å². The fourth-order valence-corrected chi connectivity index (χ4v) is 4.76. The molecular formula is C30H31N3O6. The van der Waals surface area contributed by atoms with Gasteiger partial charge in [-0.2, -0.15) is 0 Å². The Hall–Kier alpha value is -4.66. The highest BCUT2D eigenvalue weighted by molar-refractivity contribution is 5.94. The molecule has 1 amide bonds. The van der Waals surface area contributed by atoms with Crippen molar-refractivity contribution < 1.29 is 23.7 Å². The van der Waals surface area contributed by atoms with Gasteiger partial charge in [-0.25, -0.2) is 9.36 Å². The van der Waals surface area contributed by atoms with Gasteiger partial charge in [0.2, 0.25) is 11.8 Å². The second-order valence-corrected chi connectivity index (χ2v) is 9.51. The van der Waals surface area contributed by atoms with E-state index in [4.69, 9.17) is 18.9 Å². The van der Waals surface area contributed by atoms with Crippen molar-refractivity contribution >= 4 is 11.6 Å². The molecule has 5 rings (SSSR count). The zero-order valence-corrected chi connectivity index (χ0v) is 22.8. The number of aromatic nitrogens is 2. The molecule has 0 unspecified atom stereocenters. The Morgan fingerprint density at radius 3 is 2.31 bits per heavy atom. The molecule has 0 saturated carbocycles. The lowest BCUT2D eigenvalue weighted by Gasteiger charge is -2.24. The lowest BCUT2D eigenvalue weighted by Crippen LogP contribution is -2.31. The van der Waals surface area contributed by atoms with Gasteiger partial charge < -0.3 is 24.3 Å². The van der Waals surface area contributed by atoms with Crippen LogP contribution in [0.3, 0.4) is 0 Å². The summed E-state index contributed by atoms with van der Waals surface area (Å²) in [6.45, 7) is 5.72. The summed E-state index contributed by atoms with van der Waals surface area (Å²) < 4.78 is 25.7. The molecule has 2 heterocycles. The van der Waals surface area contributed by atoms with Crippen LogP contribution in [-0.4, -0.2) is 36.6 Å². The molecule has 9 nitrogen and oxygen atoms in total. The van der Waals surface area contributed by atoms with E-state index in [0.717, 1.165) is 16.7 Å². The van der Waals surface area contributed by atoms with Crippen LogP contribution in [0.2, 0.25) is 0 Å². The molecule has 202 valence electrons. The molecule has 0 aliphatic carbocycles. The summed E-state index contributed by atoms with van der Waals surface area (Å²) in [4.78, 5) is 27.6. The fraction of sp³-hybridized carbons (Fsp3) is 0.267. The number of methoxy groups -OCH3 is 3. The number of benzene rings is 3.